The Morgan fingerprint density at radius 1 is 1.26 bits per heavy atom. The van der Waals surface area contributed by atoms with Gasteiger partial charge in [-0.25, -0.2) is 9.59 Å². The maximum absolute atomic E-state index is 11.4. The molecule has 0 radical (unpaired) electrons. The second-order valence-electron chi connectivity index (χ2n) is 3.79. The second-order valence-corrected chi connectivity index (χ2v) is 5.72. The summed E-state index contributed by atoms with van der Waals surface area (Å²) in [5.74, 6) is -3.65. The Kier molecular flexibility index (Phi) is 11.7. The number of hydrogen-bond acceptors (Lipinski definition) is 5. The first kappa shape index (κ1) is 20.4. The van der Waals surface area contributed by atoms with Crippen molar-refractivity contribution in [2.45, 2.75) is 39.2 Å². The molecule has 0 aromatic rings. The van der Waals surface area contributed by atoms with Crippen LogP contribution >= 0.6 is 7.60 Å². The van der Waals surface area contributed by atoms with E-state index in [1.54, 1.807) is 6.92 Å². The number of hydrogen-bond donors (Lipinski definition) is 4. The largest absolute Gasteiger partial charge is 0.473 e. The third-order valence-electron chi connectivity index (χ3n) is 2.00. The molecule has 0 fully saturated rings. The molecule has 0 amide bonds. The van der Waals surface area contributed by atoms with Crippen LogP contribution in [-0.2, 0) is 18.7 Å². The summed E-state index contributed by atoms with van der Waals surface area (Å²) in [7, 11) is -3.35. The Hall–Kier alpha value is -0.950. The average molecular weight is 299 g/mol. The summed E-state index contributed by atoms with van der Waals surface area (Å²) in [5.41, 5.74) is 5.27. The van der Waals surface area contributed by atoms with Gasteiger partial charge in [0.2, 0.25) is 0 Å². The van der Waals surface area contributed by atoms with Crippen LogP contribution < -0.4 is 5.73 Å². The van der Waals surface area contributed by atoms with E-state index in [1.165, 1.54) is 0 Å². The SMILES string of the molecule is CCC(C)OP(=O)(O)CCCCN.O=C(O)C(=O)O. The third kappa shape index (κ3) is 15.0. The van der Waals surface area contributed by atoms with Crippen LogP contribution in [0.25, 0.3) is 0 Å². The molecular formula is C10H22NO7P. The molecule has 0 bridgehead atoms. The van der Waals surface area contributed by atoms with E-state index in [0.717, 1.165) is 12.8 Å². The molecule has 0 aliphatic rings. The molecule has 0 rings (SSSR count). The molecule has 2 unspecified atom stereocenters. The maximum atomic E-state index is 11.4. The lowest BCUT2D eigenvalue weighted by Gasteiger charge is -2.16. The zero-order valence-corrected chi connectivity index (χ0v) is 12.0. The molecule has 0 saturated heterocycles. The van der Waals surface area contributed by atoms with E-state index in [1.807, 2.05) is 6.92 Å². The summed E-state index contributed by atoms with van der Waals surface area (Å²) in [5, 5.41) is 14.8. The van der Waals surface area contributed by atoms with Gasteiger partial charge in [0.25, 0.3) is 0 Å². The number of nitrogens with two attached hydrogens (primary N) is 1. The fraction of sp³-hybridized carbons (Fsp3) is 0.800. The quantitative estimate of drug-likeness (QED) is 0.307. The fourth-order valence-electron chi connectivity index (χ4n) is 0.864. The number of carboxylic acid groups (broad SMARTS) is 2. The average Bonchev–Trinajstić information content (AvgIpc) is 2.29. The minimum Gasteiger partial charge on any atom is -0.473 e. The van der Waals surface area contributed by atoms with E-state index in [-0.39, 0.29) is 12.3 Å². The Morgan fingerprint density at radius 2 is 1.74 bits per heavy atom. The van der Waals surface area contributed by atoms with Crippen molar-refractivity contribution < 1.29 is 33.8 Å². The highest BCUT2D eigenvalue weighted by Gasteiger charge is 2.20. The maximum Gasteiger partial charge on any atom is 0.414 e. The minimum atomic E-state index is -3.35. The Labute approximate surface area is 112 Å². The lowest BCUT2D eigenvalue weighted by molar-refractivity contribution is -0.159. The van der Waals surface area contributed by atoms with Gasteiger partial charge < -0.3 is 25.4 Å². The van der Waals surface area contributed by atoms with Gasteiger partial charge in [-0.3, -0.25) is 4.57 Å². The standard InChI is InChI=1S/C8H20NO3P.C2H2O4/c1-3-8(2)12-13(10,11)7-5-4-6-9;3-1(4)2(5)6/h8H,3-7,9H2,1-2H3,(H,10,11);(H,3,4)(H,5,6). The molecule has 0 aliphatic heterocycles. The highest BCUT2D eigenvalue weighted by atomic mass is 31.2. The topological polar surface area (TPSA) is 147 Å². The molecule has 0 aromatic heterocycles. The molecule has 0 heterocycles. The molecule has 2 atom stereocenters. The molecule has 9 heteroatoms. The summed E-state index contributed by atoms with van der Waals surface area (Å²) in [4.78, 5) is 27.5. The molecule has 0 aromatic carbocycles. The number of aliphatic carboxylic acids is 2. The van der Waals surface area contributed by atoms with Crippen LogP contribution in [0.4, 0.5) is 0 Å². The first-order valence-electron chi connectivity index (χ1n) is 5.82. The van der Waals surface area contributed by atoms with Gasteiger partial charge in [0.1, 0.15) is 0 Å². The number of carbonyl (C=O) groups is 2. The predicted molar refractivity (Wildman–Crippen MR) is 69.1 cm³/mol. The van der Waals surface area contributed by atoms with E-state index in [9.17, 15) is 9.46 Å². The highest BCUT2D eigenvalue weighted by molar-refractivity contribution is 7.52. The summed E-state index contributed by atoms with van der Waals surface area (Å²) >= 11 is 0. The van der Waals surface area contributed by atoms with E-state index in [2.05, 4.69) is 0 Å². The third-order valence-corrected chi connectivity index (χ3v) is 3.57. The van der Waals surface area contributed by atoms with Crippen molar-refractivity contribution >= 4 is 19.5 Å². The van der Waals surface area contributed by atoms with Crippen molar-refractivity contribution in [3.63, 3.8) is 0 Å². The first-order valence-corrected chi connectivity index (χ1v) is 7.59. The van der Waals surface area contributed by atoms with Crippen molar-refractivity contribution in [3.05, 3.63) is 0 Å². The molecule has 8 nitrogen and oxygen atoms in total. The van der Waals surface area contributed by atoms with E-state index < -0.39 is 19.5 Å². The zero-order valence-electron chi connectivity index (χ0n) is 11.1. The molecular weight excluding hydrogens is 277 g/mol. The van der Waals surface area contributed by atoms with E-state index in [4.69, 9.17) is 30.1 Å². The summed E-state index contributed by atoms with van der Waals surface area (Å²) in [6, 6.07) is 0. The van der Waals surface area contributed by atoms with Gasteiger partial charge in [-0.2, -0.15) is 0 Å². The van der Waals surface area contributed by atoms with Crippen molar-refractivity contribution in [3.8, 4) is 0 Å². The van der Waals surface area contributed by atoms with Crippen molar-refractivity contribution in [1.29, 1.82) is 0 Å². The van der Waals surface area contributed by atoms with Crippen LogP contribution in [0.15, 0.2) is 0 Å². The van der Waals surface area contributed by atoms with Gasteiger partial charge in [-0.1, -0.05) is 6.92 Å². The Morgan fingerprint density at radius 3 is 2.05 bits per heavy atom. The van der Waals surface area contributed by atoms with E-state index >= 15 is 0 Å². The molecule has 0 spiro atoms. The van der Waals surface area contributed by atoms with Crippen LogP contribution in [0.3, 0.4) is 0 Å². The van der Waals surface area contributed by atoms with Crippen LogP contribution in [0.2, 0.25) is 0 Å². The zero-order chi connectivity index (χ0) is 15.5. The predicted octanol–water partition coefficient (Wildman–Crippen LogP) is 0.881. The number of rotatable bonds is 7. The Balaban J connectivity index is 0. The molecule has 114 valence electrons. The van der Waals surface area contributed by atoms with Crippen molar-refractivity contribution in [2.75, 3.05) is 12.7 Å². The normalized spacial score (nSPS) is 14.7. The van der Waals surface area contributed by atoms with Crippen LogP contribution in [-0.4, -0.2) is 45.9 Å². The smallest absolute Gasteiger partial charge is 0.414 e. The van der Waals surface area contributed by atoms with Gasteiger partial charge in [-0.05, 0) is 32.7 Å². The van der Waals surface area contributed by atoms with Crippen LogP contribution in [0, 0.1) is 0 Å². The molecule has 5 N–H and O–H groups in total. The van der Waals surface area contributed by atoms with Crippen LogP contribution in [0.1, 0.15) is 33.1 Å². The highest BCUT2D eigenvalue weighted by Crippen LogP contribution is 2.44. The lowest BCUT2D eigenvalue weighted by atomic mass is 10.3. The fourth-order valence-corrected chi connectivity index (χ4v) is 2.30. The number of carboxylic acids is 2. The molecule has 0 aliphatic carbocycles. The van der Waals surface area contributed by atoms with Gasteiger partial charge in [-0.15, -0.1) is 0 Å². The lowest BCUT2D eigenvalue weighted by Crippen LogP contribution is -2.09. The molecule has 19 heavy (non-hydrogen) atoms. The van der Waals surface area contributed by atoms with Gasteiger partial charge in [0, 0.05) is 0 Å². The van der Waals surface area contributed by atoms with E-state index in [0.29, 0.717) is 13.0 Å². The monoisotopic (exact) mass is 299 g/mol. The molecule has 0 saturated carbocycles. The van der Waals surface area contributed by atoms with Crippen molar-refractivity contribution in [2.24, 2.45) is 5.73 Å². The summed E-state index contributed by atoms with van der Waals surface area (Å²) < 4.78 is 16.4. The Bertz CT molecular complexity index is 309. The van der Waals surface area contributed by atoms with Gasteiger partial charge in [0.15, 0.2) is 0 Å². The first-order chi connectivity index (χ1) is 8.66. The summed E-state index contributed by atoms with van der Waals surface area (Å²) in [6.45, 7) is 4.28. The van der Waals surface area contributed by atoms with Gasteiger partial charge >= 0.3 is 19.5 Å². The van der Waals surface area contributed by atoms with Crippen molar-refractivity contribution in [1.82, 2.24) is 0 Å². The van der Waals surface area contributed by atoms with Crippen LogP contribution in [0.5, 0.6) is 0 Å². The minimum absolute atomic E-state index is 0.145. The summed E-state index contributed by atoms with van der Waals surface area (Å²) in [6.07, 6.45) is 2.25. The number of unbranched alkanes of at least 4 members (excludes halogenated alkanes) is 1. The van der Waals surface area contributed by atoms with Gasteiger partial charge in [0.05, 0.1) is 12.3 Å². The second kappa shape index (κ2) is 10.9.